The van der Waals surface area contributed by atoms with E-state index in [0.717, 1.165) is 22.3 Å². The first-order valence-corrected chi connectivity index (χ1v) is 6.55. The van der Waals surface area contributed by atoms with Crippen LogP contribution in [0.25, 0.3) is 0 Å². The number of nitrogens with zero attached hydrogens (tertiary/aromatic N) is 1. The predicted molar refractivity (Wildman–Crippen MR) is 75.1 cm³/mol. The first-order valence-electron chi connectivity index (χ1n) is 5.76. The third kappa shape index (κ3) is 3.81. The van der Waals surface area contributed by atoms with Crippen LogP contribution in [-0.2, 0) is 6.42 Å². The highest BCUT2D eigenvalue weighted by atomic mass is 79.9. The molecule has 1 heterocycles. The van der Waals surface area contributed by atoms with Gasteiger partial charge in [0, 0.05) is 16.7 Å². The van der Waals surface area contributed by atoms with E-state index in [9.17, 15) is 4.39 Å². The molecule has 0 saturated heterocycles. The minimum Gasteiger partial charge on any atom is -0.367 e. The number of rotatable bonds is 4. The SMILES string of the molecule is CC(Cc1ccc(F)cc1)Nc1ccc(Br)cn1. The Morgan fingerprint density at radius 3 is 2.56 bits per heavy atom. The molecule has 0 spiro atoms. The quantitative estimate of drug-likeness (QED) is 0.922. The maximum atomic E-state index is 12.8. The van der Waals surface area contributed by atoms with E-state index in [1.165, 1.54) is 12.1 Å². The third-order valence-corrected chi connectivity index (χ3v) is 3.05. The maximum absolute atomic E-state index is 12.8. The minimum absolute atomic E-state index is 0.200. The molecule has 0 aliphatic heterocycles. The van der Waals surface area contributed by atoms with E-state index in [4.69, 9.17) is 0 Å². The molecule has 2 nitrogen and oxygen atoms in total. The van der Waals surface area contributed by atoms with Crippen LogP contribution in [0.4, 0.5) is 10.2 Å². The van der Waals surface area contributed by atoms with Crippen molar-refractivity contribution < 1.29 is 4.39 Å². The molecule has 94 valence electrons. The molecule has 0 aliphatic rings. The Bertz CT molecular complexity index is 449. The Balaban J connectivity index is 1.94. The molecular formula is C14H14BrFN2. The fraction of sp³-hybridized carbons (Fsp3) is 0.214. The van der Waals surface area contributed by atoms with Gasteiger partial charge < -0.3 is 5.32 Å². The molecule has 18 heavy (non-hydrogen) atoms. The van der Waals surface area contributed by atoms with E-state index in [-0.39, 0.29) is 11.9 Å². The Morgan fingerprint density at radius 1 is 1.22 bits per heavy atom. The molecule has 0 bridgehead atoms. The number of halogens is 2. The Kier molecular flexibility index (Phi) is 4.31. The monoisotopic (exact) mass is 308 g/mol. The van der Waals surface area contributed by atoms with Gasteiger partial charge in [-0.1, -0.05) is 12.1 Å². The highest BCUT2D eigenvalue weighted by molar-refractivity contribution is 9.10. The largest absolute Gasteiger partial charge is 0.367 e. The summed E-state index contributed by atoms with van der Waals surface area (Å²) in [6, 6.07) is 10.7. The van der Waals surface area contributed by atoms with Gasteiger partial charge in [-0.05, 0) is 59.1 Å². The van der Waals surface area contributed by atoms with Crippen molar-refractivity contribution in [3.05, 3.63) is 58.4 Å². The van der Waals surface area contributed by atoms with Crippen molar-refractivity contribution in [2.24, 2.45) is 0 Å². The van der Waals surface area contributed by atoms with Gasteiger partial charge in [0.2, 0.25) is 0 Å². The van der Waals surface area contributed by atoms with Gasteiger partial charge >= 0.3 is 0 Å². The topological polar surface area (TPSA) is 24.9 Å². The lowest BCUT2D eigenvalue weighted by Crippen LogP contribution is -2.18. The van der Waals surface area contributed by atoms with Crippen LogP contribution in [-0.4, -0.2) is 11.0 Å². The molecule has 2 aromatic rings. The summed E-state index contributed by atoms with van der Waals surface area (Å²) in [5.41, 5.74) is 1.11. The van der Waals surface area contributed by atoms with Crippen LogP contribution in [0.5, 0.6) is 0 Å². The van der Waals surface area contributed by atoms with Crippen molar-refractivity contribution in [3.8, 4) is 0 Å². The zero-order valence-electron chi connectivity index (χ0n) is 10.0. The first kappa shape index (κ1) is 13.0. The van der Waals surface area contributed by atoms with Crippen LogP contribution in [0, 0.1) is 5.82 Å². The smallest absolute Gasteiger partial charge is 0.126 e. The molecule has 0 fully saturated rings. The number of hydrogen-bond acceptors (Lipinski definition) is 2. The highest BCUT2D eigenvalue weighted by Crippen LogP contribution is 2.13. The van der Waals surface area contributed by atoms with E-state index in [1.54, 1.807) is 6.20 Å². The lowest BCUT2D eigenvalue weighted by atomic mass is 10.1. The zero-order valence-corrected chi connectivity index (χ0v) is 11.6. The summed E-state index contributed by atoms with van der Waals surface area (Å²) in [5, 5.41) is 3.31. The molecule has 0 amide bonds. The van der Waals surface area contributed by atoms with Gasteiger partial charge in [-0.2, -0.15) is 0 Å². The second-order valence-corrected chi connectivity index (χ2v) is 5.15. The fourth-order valence-electron chi connectivity index (χ4n) is 1.74. The molecule has 0 radical (unpaired) electrons. The number of anilines is 1. The molecule has 1 unspecified atom stereocenters. The van der Waals surface area contributed by atoms with Crippen LogP contribution in [0.2, 0.25) is 0 Å². The van der Waals surface area contributed by atoms with Crippen molar-refractivity contribution in [1.82, 2.24) is 4.98 Å². The summed E-state index contributed by atoms with van der Waals surface area (Å²) in [5.74, 6) is 0.641. The molecule has 4 heteroatoms. The van der Waals surface area contributed by atoms with Crippen LogP contribution in [0.1, 0.15) is 12.5 Å². The summed E-state index contributed by atoms with van der Waals surface area (Å²) in [4.78, 5) is 4.26. The van der Waals surface area contributed by atoms with Gasteiger partial charge in [-0.15, -0.1) is 0 Å². The Hall–Kier alpha value is -1.42. The van der Waals surface area contributed by atoms with E-state index >= 15 is 0 Å². The summed E-state index contributed by atoms with van der Waals surface area (Å²) in [6.45, 7) is 2.08. The number of aromatic nitrogens is 1. The maximum Gasteiger partial charge on any atom is 0.126 e. The van der Waals surface area contributed by atoms with Crippen LogP contribution in [0.3, 0.4) is 0 Å². The highest BCUT2D eigenvalue weighted by Gasteiger charge is 2.04. The van der Waals surface area contributed by atoms with E-state index in [1.807, 2.05) is 24.3 Å². The molecule has 1 atom stereocenters. The first-order chi connectivity index (χ1) is 8.63. The average Bonchev–Trinajstić information content (AvgIpc) is 2.35. The van der Waals surface area contributed by atoms with Crippen LogP contribution in [0.15, 0.2) is 47.1 Å². The van der Waals surface area contributed by atoms with Gasteiger partial charge in [-0.3, -0.25) is 0 Å². The van der Waals surface area contributed by atoms with Crippen LogP contribution < -0.4 is 5.32 Å². The number of hydrogen-bond donors (Lipinski definition) is 1. The zero-order chi connectivity index (χ0) is 13.0. The molecule has 2 rings (SSSR count). The Labute approximate surface area is 114 Å². The summed E-state index contributed by atoms with van der Waals surface area (Å²) >= 11 is 3.35. The van der Waals surface area contributed by atoms with E-state index in [0.29, 0.717) is 0 Å². The van der Waals surface area contributed by atoms with Crippen molar-refractivity contribution >= 4 is 21.7 Å². The van der Waals surface area contributed by atoms with Crippen molar-refractivity contribution in [2.45, 2.75) is 19.4 Å². The van der Waals surface area contributed by atoms with Crippen molar-refractivity contribution in [1.29, 1.82) is 0 Å². The normalized spacial score (nSPS) is 12.2. The molecule has 0 saturated carbocycles. The van der Waals surface area contributed by atoms with Crippen LogP contribution >= 0.6 is 15.9 Å². The second kappa shape index (κ2) is 5.96. The third-order valence-electron chi connectivity index (χ3n) is 2.58. The Morgan fingerprint density at radius 2 is 1.94 bits per heavy atom. The lowest BCUT2D eigenvalue weighted by molar-refractivity contribution is 0.626. The van der Waals surface area contributed by atoms with Crippen molar-refractivity contribution in [3.63, 3.8) is 0 Å². The summed E-state index contributed by atoms with van der Waals surface area (Å²) in [7, 11) is 0. The lowest BCUT2D eigenvalue weighted by Gasteiger charge is -2.14. The van der Waals surface area contributed by atoms with Gasteiger partial charge in [0.1, 0.15) is 11.6 Å². The number of benzene rings is 1. The molecule has 1 N–H and O–H groups in total. The standard InChI is InChI=1S/C14H14BrFN2/c1-10(8-11-2-5-13(16)6-3-11)18-14-7-4-12(15)9-17-14/h2-7,9-10H,8H2,1H3,(H,17,18). The van der Waals surface area contributed by atoms with Gasteiger partial charge in [0.15, 0.2) is 0 Å². The van der Waals surface area contributed by atoms with Crippen molar-refractivity contribution in [2.75, 3.05) is 5.32 Å². The molecule has 1 aromatic heterocycles. The van der Waals surface area contributed by atoms with E-state index in [2.05, 4.69) is 33.2 Å². The van der Waals surface area contributed by atoms with Gasteiger partial charge in [-0.25, -0.2) is 9.37 Å². The minimum atomic E-state index is -0.200. The molecule has 0 aliphatic carbocycles. The number of pyridine rings is 1. The number of nitrogens with one attached hydrogen (secondary N) is 1. The van der Waals surface area contributed by atoms with Gasteiger partial charge in [0.05, 0.1) is 0 Å². The van der Waals surface area contributed by atoms with E-state index < -0.39 is 0 Å². The van der Waals surface area contributed by atoms with Gasteiger partial charge in [0.25, 0.3) is 0 Å². The average molecular weight is 309 g/mol. The summed E-state index contributed by atoms with van der Waals surface area (Å²) in [6.07, 6.45) is 2.59. The predicted octanol–water partition coefficient (Wildman–Crippen LogP) is 4.03. The summed E-state index contributed by atoms with van der Waals surface area (Å²) < 4.78 is 13.7. The second-order valence-electron chi connectivity index (χ2n) is 4.24. The molecule has 1 aromatic carbocycles. The molecular weight excluding hydrogens is 295 g/mol. The fourth-order valence-corrected chi connectivity index (χ4v) is 1.97.